The van der Waals surface area contributed by atoms with Gasteiger partial charge in [-0.05, 0) is 19.8 Å². The van der Waals surface area contributed by atoms with E-state index in [9.17, 15) is 9.90 Å². The molecule has 0 radical (unpaired) electrons. The molecule has 13 heavy (non-hydrogen) atoms. The van der Waals surface area contributed by atoms with Gasteiger partial charge in [0.25, 0.3) is 0 Å². The summed E-state index contributed by atoms with van der Waals surface area (Å²) in [4.78, 5) is 10.8. The lowest BCUT2D eigenvalue weighted by molar-refractivity contribution is -0.146. The van der Waals surface area contributed by atoms with E-state index in [2.05, 4.69) is 5.32 Å². The Balaban J connectivity index is 4.18. The van der Waals surface area contributed by atoms with Crippen LogP contribution in [-0.4, -0.2) is 27.9 Å². The molecule has 2 unspecified atom stereocenters. The second-order valence-corrected chi connectivity index (χ2v) is 3.44. The molecule has 0 saturated heterocycles. The summed E-state index contributed by atoms with van der Waals surface area (Å²) in [6.07, 6.45) is 1.12. The molecular formula is C9H19NO3. The Kier molecular flexibility index (Phi) is 4.95. The summed E-state index contributed by atoms with van der Waals surface area (Å²) < 4.78 is 0. The molecule has 0 aliphatic carbocycles. The number of hydrogen-bond donors (Lipinski definition) is 3. The molecule has 2 atom stereocenters. The Hall–Kier alpha value is -0.610. The first-order valence-electron chi connectivity index (χ1n) is 4.65. The Bertz CT molecular complexity index is 172. The minimum absolute atomic E-state index is 0.448. The molecule has 0 aromatic heterocycles. The van der Waals surface area contributed by atoms with Gasteiger partial charge in [-0.1, -0.05) is 20.3 Å². The number of aliphatic hydroxyl groups is 1. The van der Waals surface area contributed by atoms with Crippen LogP contribution in [0.5, 0.6) is 0 Å². The Morgan fingerprint density at radius 3 is 2.38 bits per heavy atom. The summed E-state index contributed by atoms with van der Waals surface area (Å²) in [5.41, 5.74) is -1.02. The van der Waals surface area contributed by atoms with Gasteiger partial charge < -0.3 is 10.2 Å². The third kappa shape index (κ3) is 3.74. The van der Waals surface area contributed by atoms with Crippen molar-refractivity contribution in [3.05, 3.63) is 0 Å². The van der Waals surface area contributed by atoms with E-state index < -0.39 is 17.7 Å². The topological polar surface area (TPSA) is 69.6 Å². The van der Waals surface area contributed by atoms with Crippen LogP contribution in [-0.2, 0) is 4.79 Å². The van der Waals surface area contributed by atoms with E-state index in [-0.39, 0.29) is 0 Å². The second-order valence-electron chi connectivity index (χ2n) is 3.44. The van der Waals surface area contributed by atoms with Crippen molar-refractivity contribution in [3.63, 3.8) is 0 Å². The predicted molar refractivity (Wildman–Crippen MR) is 50.4 cm³/mol. The highest BCUT2D eigenvalue weighted by Gasteiger charge is 2.32. The second kappa shape index (κ2) is 5.19. The van der Waals surface area contributed by atoms with Crippen molar-refractivity contribution in [3.8, 4) is 0 Å². The third-order valence-corrected chi connectivity index (χ3v) is 2.23. The van der Waals surface area contributed by atoms with Gasteiger partial charge in [0.2, 0.25) is 0 Å². The molecule has 0 bridgehead atoms. The molecule has 0 aliphatic heterocycles. The third-order valence-electron chi connectivity index (χ3n) is 2.23. The molecule has 0 aromatic carbocycles. The minimum Gasteiger partial charge on any atom is -0.480 e. The molecule has 0 amide bonds. The predicted octanol–water partition coefficient (Wildman–Crippen LogP) is 0.948. The van der Waals surface area contributed by atoms with Crippen molar-refractivity contribution in [1.82, 2.24) is 5.32 Å². The van der Waals surface area contributed by atoms with Crippen molar-refractivity contribution >= 4 is 5.97 Å². The molecule has 0 aliphatic rings. The van der Waals surface area contributed by atoms with Gasteiger partial charge in [0, 0.05) is 0 Å². The molecule has 0 aromatic rings. The van der Waals surface area contributed by atoms with Gasteiger partial charge in [-0.15, -0.1) is 0 Å². The first kappa shape index (κ1) is 12.4. The SMILES string of the molecule is CCCC(O)NC(C)(CC)C(=O)O. The first-order chi connectivity index (χ1) is 5.96. The zero-order valence-electron chi connectivity index (χ0n) is 8.50. The largest absolute Gasteiger partial charge is 0.480 e. The Morgan fingerprint density at radius 1 is 1.54 bits per heavy atom. The van der Waals surface area contributed by atoms with Crippen molar-refractivity contribution in [2.24, 2.45) is 0 Å². The van der Waals surface area contributed by atoms with E-state index in [1.807, 2.05) is 6.92 Å². The fraction of sp³-hybridized carbons (Fsp3) is 0.889. The minimum atomic E-state index is -1.02. The summed E-state index contributed by atoms with van der Waals surface area (Å²) >= 11 is 0. The van der Waals surface area contributed by atoms with E-state index >= 15 is 0 Å². The molecule has 4 heteroatoms. The number of nitrogens with one attached hydrogen (secondary N) is 1. The average molecular weight is 189 g/mol. The van der Waals surface area contributed by atoms with Crippen molar-refractivity contribution in [2.75, 3.05) is 0 Å². The van der Waals surface area contributed by atoms with Gasteiger partial charge in [-0.25, -0.2) is 0 Å². The van der Waals surface area contributed by atoms with Crippen LogP contribution in [0.3, 0.4) is 0 Å². The normalized spacial score (nSPS) is 17.8. The lowest BCUT2D eigenvalue weighted by Gasteiger charge is -2.27. The van der Waals surface area contributed by atoms with Crippen LogP contribution < -0.4 is 5.32 Å². The van der Waals surface area contributed by atoms with Crippen LogP contribution in [0, 0.1) is 0 Å². The molecular weight excluding hydrogens is 170 g/mol. The van der Waals surface area contributed by atoms with E-state index in [1.165, 1.54) is 0 Å². The van der Waals surface area contributed by atoms with Gasteiger partial charge in [-0.2, -0.15) is 0 Å². The zero-order chi connectivity index (χ0) is 10.5. The number of rotatable bonds is 6. The quantitative estimate of drug-likeness (QED) is 0.544. The summed E-state index contributed by atoms with van der Waals surface area (Å²) in [6, 6.07) is 0. The first-order valence-corrected chi connectivity index (χ1v) is 4.65. The van der Waals surface area contributed by atoms with Crippen LogP contribution in [0.15, 0.2) is 0 Å². The van der Waals surface area contributed by atoms with Crippen molar-refractivity contribution in [2.45, 2.75) is 51.8 Å². The number of carbonyl (C=O) groups is 1. The molecule has 0 fully saturated rings. The van der Waals surface area contributed by atoms with E-state index in [0.29, 0.717) is 12.8 Å². The Labute approximate surface area is 79.0 Å². The van der Waals surface area contributed by atoms with E-state index in [0.717, 1.165) is 6.42 Å². The van der Waals surface area contributed by atoms with Gasteiger partial charge in [-0.3, -0.25) is 10.1 Å². The molecule has 4 nitrogen and oxygen atoms in total. The highest BCUT2D eigenvalue weighted by Crippen LogP contribution is 2.11. The van der Waals surface area contributed by atoms with Crippen molar-refractivity contribution in [1.29, 1.82) is 0 Å². The number of carboxylic acids is 1. The summed E-state index contributed by atoms with van der Waals surface area (Å²) in [6.45, 7) is 5.29. The number of hydrogen-bond acceptors (Lipinski definition) is 3. The molecule has 0 spiro atoms. The average Bonchev–Trinajstić information content (AvgIpc) is 2.04. The van der Waals surface area contributed by atoms with E-state index in [4.69, 9.17) is 5.11 Å². The lowest BCUT2D eigenvalue weighted by Crippen LogP contribution is -2.53. The fourth-order valence-electron chi connectivity index (χ4n) is 1.03. The molecule has 0 saturated carbocycles. The van der Waals surface area contributed by atoms with Gasteiger partial charge in [0.1, 0.15) is 11.8 Å². The van der Waals surface area contributed by atoms with Crippen LogP contribution >= 0.6 is 0 Å². The van der Waals surface area contributed by atoms with Gasteiger partial charge in [0.05, 0.1) is 0 Å². The highest BCUT2D eigenvalue weighted by atomic mass is 16.4. The lowest BCUT2D eigenvalue weighted by atomic mass is 9.99. The molecule has 0 heterocycles. The molecule has 78 valence electrons. The summed E-state index contributed by atoms with van der Waals surface area (Å²) in [7, 11) is 0. The monoisotopic (exact) mass is 189 g/mol. The standard InChI is InChI=1S/C9H19NO3/c1-4-6-7(11)10-9(3,5-2)8(12)13/h7,10-11H,4-6H2,1-3H3,(H,12,13). The fourth-order valence-corrected chi connectivity index (χ4v) is 1.03. The molecule has 3 N–H and O–H groups in total. The maximum atomic E-state index is 10.8. The van der Waals surface area contributed by atoms with Crippen LogP contribution in [0.1, 0.15) is 40.0 Å². The maximum absolute atomic E-state index is 10.8. The molecule has 0 rings (SSSR count). The number of aliphatic carboxylic acids is 1. The van der Waals surface area contributed by atoms with Crippen LogP contribution in [0.4, 0.5) is 0 Å². The number of carboxylic acid groups (broad SMARTS) is 1. The van der Waals surface area contributed by atoms with Crippen molar-refractivity contribution < 1.29 is 15.0 Å². The summed E-state index contributed by atoms with van der Waals surface area (Å²) in [5.74, 6) is -0.926. The van der Waals surface area contributed by atoms with Gasteiger partial charge >= 0.3 is 5.97 Å². The van der Waals surface area contributed by atoms with Crippen LogP contribution in [0.2, 0.25) is 0 Å². The maximum Gasteiger partial charge on any atom is 0.323 e. The number of aliphatic hydroxyl groups excluding tert-OH is 1. The highest BCUT2D eigenvalue weighted by molar-refractivity contribution is 5.78. The van der Waals surface area contributed by atoms with E-state index in [1.54, 1.807) is 13.8 Å². The summed E-state index contributed by atoms with van der Waals surface area (Å²) in [5, 5.41) is 21.0. The van der Waals surface area contributed by atoms with Gasteiger partial charge in [0.15, 0.2) is 0 Å². The van der Waals surface area contributed by atoms with Crippen LogP contribution in [0.25, 0.3) is 0 Å². The Morgan fingerprint density at radius 2 is 2.08 bits per heavy atom. The zero-order valence-corrected chi connectivity index (χ0v) is 8.50. The smallest absolute Gasteiger partial charge is 0.323 e.